The summed E-state index contributed by atoms with van der Waals surface area (Å²) < 4.78 is 51.2. The highest BCUT2D eigenvalue weighted by atomic mass is 35.5. The van der Waals surface area contributed by atoms with Crippen LogP contribution in [0.3, 0.4) is 0 Å². The van der Waals surface area contributed by atoms with E-state index in [9.17, 15) is 18.0 Å². The Kier molecular flexibility index (Phi) is 7.33. The van der Waals surface area contributed by atoms with Gasteiger partial charge in [0.2, 0.25) is 0 Å². The average Bonchev–Trinajstić information content (AvgIpc) is 2.72. The molecule has 0 aliphatic carbocycles. The fraction of sp³-hybridized carbons (Fsp3) is 0.350. The van der Waals surface area contributed by atoms with Crippen molar-refractivity contribution >= 4 is 34.8 Å². The molecule has 162 valence electrons. The molecule has 5 nitrogen and oxygen atoms in total. The van der Waals surface area contributed by atoms with Gasteiger partial charge in [0.15, 0.2) is 6.61 Å². The van der Waals surface area contributed by atoms with Crippen molar-refractivity contribution in [2.24, 2.45) is 0 Å². The van der Waals surface area contributed by atoms with Gasteiger partial charge in [0.1, 0.15) is 5.75 Å². The minimum Gasteiger partial charge on any atom is -0.482 e. The van der Waals surface area contributed by atoms with E-state index in [0.29, 0.717) is 37.0 Å². The number of rotatable bonds is 6. The second-order valence-electron chi connectivity index (χ2n) is 6.58. The Labute approximate surface area is 181 Å². The second-order valence-corrected chi connectivity index (χ2v) is 7.42. The number of carbonyl (C=O) groups excluding carboxylic acids is 1. The van der Waals surface area contributed by atoms with Gasteiger partial charge in [-0.25, -0.2) is 0 Å². The average molecular weight is 463 g/mol. The number of carbonyl (C=O) groups is 1. The Balaban J connectivity index is 1.64. The molecule has 1 aliphatic rings. The van der Waals surface area contributed by atoms with Crippen LogP contribution in [0.25, 0.3) is 0 Å². The van der Waals surface area contributed by atoms with Gasteiger partial charge in [0.05, 0.1) is 23.8 Å². The third kappa shape index (κ3) is 5.93. The quantitative estimate of drug-likeness (QED) is 0.684. The molecule has 0 aromatic heterocycles. The lowest BCUT2D eigenvalue weighted by Gasteiger charge is -2.29. The molecular formula is C20H19Cl2F3N2O3. The number of alkyl halides is 3. The summed E-state index contributed by atoms with van der Waals surface area (Å²) in [6, 6.07) is 8.63. The van der Waals surface area contributed by atoms with Crippen molar-refractivity contribution in [2.45, 2.75) is 12.7 Å². The van der Waals surface area contributed by atoms with Crippen LogP contribution in [0.2, 0.25) is 10.0 Å². The van der Waals surface area contributed by atoms with Crippen LogP contribution in [0.15, 0.2) is 36.4 Å². The first kappa shape index (κ1) is 22.5. The van der Waals surface area contributed by atoms with E-state index in [2.05, 4.69) is 5.32 Å². The number of morpholine rings is 1. The molecule has 2 aromatic carbocycles. The van der Waals surface area contributed by atoms with Crippen LogP contribution in [0, 0.1) is 0 Å². The summed E-state index contributed by atoms with van der Waals surface area (Å²) in [6.07, 6.45) is -4.55. The molecule has 1 aliphatic heterocycles. The van der Waals surface area contributed by atoms with Crippen molar-refractivity contribution in [3.63, 3.8) is 0 Å². The highest BCUT2D eigenvalue weighted by molar-refractivity contribution is 6.34. The Morgan fingerprint density at radius 1 is 1.13 bits per heavy atom. The van der Waals surface area contributed by atoms with E-state index >= 15 is 0 Å². The monoisotopic (exact) mass is 462 g/mol. The number of hydrogen-bond acceptors (Lipinski definition) is 4. The molecule has 0 bridgehead atoms. The molecule has 0 unspecified atom stereocenters. The summed E-state index contributed by atoms with van der Waals surface area (Å²) in [5.41, 5.74) is -0.348. The molecule has 1 N–H and O–H groups in total. The van der Waals surface area contributed by atoms with Crippen molar-refractivity contribution in [2.75, 3.05) is 37.8 Å². The van der Waals surface area contributed by atoms with Crippen LogP contribution >= 0.6 is 23.2 Å². The number of amides is 1. The molecule has 1 heterocycles. The summed E-state index contributed by atoms with van der Waals surface area (Å²) >= 11 is 11.8. The van der Waals surface area contributed by atoms with Crippen LogP contribution in [-0.4, -0.2) is 38.8 Å². The van der Waals surface area contributed by atoms with E-state index in [1.54, 1.807) is 12.1 Å². The van der Waals surface area contributed by atoms with Crippen molar-refractivity contribution in [1.82, 2.24) is 5.32 Å². The fourth-order valence-electron chi connectivity index (χ4n) is 2.98. The SMILES string of the molecule is O=C(COc1cc(Cl)ccc1Cl)NCc1ccc(N2CCOCC2)cc1C(F)(F)F. The van der Waals surface area contributed by atoms with Gasteiger partial charge in [0, 0.05) is 36.4 Å². The van der Waals surface area contributed by atoms with Gasteiger partial charge in [-0.05, 0) is 29.8 Å². The zero-order valence-electron chi connectivity index (χ0n) is 15.8. The lowest BCUT2D eigenvalue weighted by molar-refractivity contribution is -0.138. The maximum atomic E-state index is 13.6. The fourth-order valence-corrected chi connectivity index (χ4v) is 3.31. The van der Waals surface area contributed by atoms with Crippen LogP contribution in [0.4, 0.5) is 18.9 Å². The minimum atomic E-state index is -4.55. The van der Waals surface area contributed by atoms with E-state index < -0.39 is 24.3 Å². The summed E-state index contributed by atoms with van der Waals surface area (Å²) in [6.45, 7) is 1.29. The van der Waals surface area contributed by atoms with Gasteiger partial charge < -0.3 is 19.7 Å². The normalized spacial score (nSPS) is 14.5. The maximum Gasteiger partial charge on any atom is 0.416 e. The molecule has 2 aromatic rings. The van der Waals surface area contributed by atoms with Crippen LogP contribution in [0.5, 0.6) is 5.75 Å². The second kappa shape index (κ2) is 9.76. The first-order valence-corrected chi connectivity index (χ1v) is 9.87. The summed E-state index contributed by atoms with van der Waals surface area (Å²) in [5.74, 6) is -0.374. The van der Waals surface area contributed by atoms with Crippen molar-refractivity contribution in [1.29, 1.82) is 0 Å². The summed E-state index contributed by atoms with van der Waals surface area (Å²) in [4.78, 5) is 13.9. The maximum absolute atomic E-state index is 13.6. The zero-order chi connectivity index (χ0) is 21.7. The molecule has 1 amide bonds. The minimum absolute atomic E-state index is 0.0337. The molecule has 30 heavy (non-hydrogen) atoms. The van der Waals surface area contributed by atoms with Crippen LogP contribution in [-0.2, 0) is 22.3 Å². The number of nitrogens with zero attached hydrogens (tertiary/aromatic N) is 1. The molecule has 0 radical (unpaired) electrons. The number of nitrogens with one attached hydrogen (secondary N) is 1. The van der Waals surface area contributed by atoms with Gasteiger partial charge in [0.25, 0.3) is 5.91 Å². The third-order valence-electron chi connectivity index (χ3n) is 4.50. The number of hydrogen-bond donors (Lipinski definition) is 1. The summed E-state index contributed by atoms with van der Waals surface area (Å²) in [7, 11) is 0. The smallest absolute Gasteiger partial charge is 0.416 e. The molecule has 0 spiro atoms. The molecule has 3 rings (SSSR count). The van der Waals surface area contributed by atoms with E-state index in [-0.39, 0.29) is 22.9 Å². The van der Waals surface area contributed by atoms with Crippen LogP contribution < -0.4 is 15.0 Å². The third-order valence-corrected chi connectivity index (χ3v) is 5.05. The molecule has 1 saturated heterocycles. The van der Waals surface area contributed by atoms with Gasteiger partial charge >= 0.3 is 6.18 Å². The molecule has 1 fully saturated rings. The number of halogens is 5. The Bertz CT molecular complexity index is 903. The molecular weight excluding hydrogens is 444 g/mol. The first-order chi connectivity index (χ1) is 14.2. The summed E-state index contributed by atoms with van der Waals surface area (Å²) in [5, 5.41) is 3.09. The van der Waals surface area contributed by atoms with Gasteiger partial charge in [-0.3, -0.25) is 4.79 Å². The Morgan fingerprint density at radius 2 is 1.87 bits per heavy atom. The highest BCUT2D eigenvalue weighted by Crippen LogP contribution is 2.35. The topological polar surface area (TPSA) is 50.8 Å². The van der Waals surface area contributed by atoms with Gasteiger partial charge in [-0.1, -0.05) is 29.3 Å². The molecule has 10 heteroatoms. The van der Waals surface area contributed by atoms with E-state index in [1.807, 2.05) is 4.90 Å². The molecule has 0 atom stereocenters. The van der Waals surface area contributed by atoms with Crippen molar-refractivity contribution in [3.05, 3.63) is 57.6 Å². The lowest BCUT2D eigenvalue weighted by atomic mass is 10.0. The molecule has 0 saturated carbocycles. The predicted octanol–water partition coefficient (Wildman–Crippen LogP) is 4.54. The standard InChI is InChI=1S/C20H19Cl2F3N2O3/c21-14-2-4-17(22)18(9-14)30-12-19(28)26-11-13-1-3-15(10-16(13)20(23,24)25)27-5-7-29-8-6-27/h1-4,9-10H,5-8,11-12H2,(H,26,28). The van der Waals surface area contributed by atoms with Crippen LogP contribution in [0.1, 0.15) is 11.1 Å². The zero-order valence-corrected chi connectivity index (χ0v) is 17.3. The van der Waals surface area contributed by atoms with E-state index in [0.717, 1.165) is 6.07 Å². The predicted molar refractivity (Wildman–Crippen MR) is 108 cm³/mol. The first-order valence-electron chi connectivity index (χ1n) is 9.11. The number of benzene rings is 2. The number of ether oxygens (including phenoxy) is 2. The highest BCUT2D eigenvalue weighted by Gasteiger charge is 2.34. The van der Waals surface area contributed by atoms with Gasteiger partial charge in [-0.2, -0.15) is 13.2 Å². The van der Waals surface area contributed by atoms with Crippen molar-refractivity contribution in [3.8, 4) is 5.75 Å². The van der Waals surface area contributed by atoms with E-state index in [4.69, 9.17) is 32.7 Å². The largest absolute Gasteiger partial charge is 0.482 e. The Hall–Kier alpha value is -2.16. The van der Waals surface area contributed by atoms with Crippen molar-refractivity contribution < 1.29 is 27.4 Å². The van der Waals surface area contributed by atoms with E-state index in [1.165, 1.54) is 18.2 Å². The van der Waals surface area contributed by atoms with Gasteiger partial charge in [-0.15, -0.1) is 0 Å². The number of anilines is 1. The lowest BCUT2D eigenvalue weighted by Crippen LogP contribution is -2.36. The Morgan fingerprint density at radius 3 is 2.57 bits per heavy atom.